The average Bonchev–Trinajstić information content (AvgIpc) is 3.26. The Labute approximate surface area is 152 Å². The second-order valence-electron chi connectivity index (χ2n) is 7.00. The first-order valence-corrected chi connectivity index (χ1v) is 9.24. The molecule has 0 saturated carbocycles. The number of benzene rings is 1. The summed E-state index contributed by atoms with van der Waals surface area (Å²) in [5, 5.41) is 4.07. The van der Waals surface area contributed by atoms with Gasteiger partial charge in [0.05, 0.1) is 5.92 Å². The van der Waals surface area contributed by atoms with Crippen LogP contribution in [0.2, 0.25) is 0 Å². The Hall–Kier alpha value is -2.41. The summed E-state index contributed by atoms with van der Waals surface area (Å²) in [4.78, 5) is 19.9. The van der Waals surface area contributed by atoms with Crippen molar-refractivity contribution in [2.45, 2.75) is 25.7 Å². The summed E-state index contributed by atoms with van der Waals surface area (Å²) in [6, 6.07) is 7.78. The van der Waals surface area contributed by atoms with Crippen molar-refractivity contribution in [1.82, 2.24) is 19.9 Å². The molecule has 0 atom stereocenters. The van der Waals surface area contributed by atoms with Gasteiger partial charge in [0.25, 0.3) is 0 Å². The quantitative estimate of drug-likeness (QED) is 0.790. The van der Waals surface area contributed by atoms with Gasteiger partial charge in [0.2, 0.25) is 17.6 Å². The number of amides is 1. The number of hydrogen-bond acceptors (Lipinski definition) is 6. The van der Waals surface area contributed by atoms with Crippen molar-refractivity contribution in [3.63, 3.8) is 0 Å². The Morgan fingerprint density at radius 1 is 1.23 bits per heavy atom. The molecule has 0 unspecified atom stereocenters. The van der Waals surface area contributed by atoms with Crippen LogP contribution in [0.4, 0.5) is 0 Å². The van der Waals surface area contributed by atoms with Gasteiger partial charge in [0, 0.05) is 32.1 Å². The zero-order valence-electron chi connectivity index (χ0n) is 15.1. The van der Waals surface area contributed by atoms with Gasteiger partial charge >= 0.3 is 0 Å². The van der Waals surface area contributed by atoms with Crippen LogP contribution in [0.25, 0.3) is 11.4 Å². The second-order valence-corrected chi connectivity index (χ2v) is 7.00. The van der Waals surface area contributed by atoms with E-state index < -0.39 is 0 Å². The molecule has 2 aliphatic rings. The normalized spacial score (nSPS) is 18.1. The number of nitrogens with zero attached hydrogens (tertiary/aromatic N) is 4. The lowest BCUT2D eigenvalue weighted by atomic mass is 10.0. The number of rotatable bonds is 6. The molecule has 0 spiro atoms. The van der Waals surface area contributed by atoms with Crippen molar-refractivity contribution in [3.05, 3.63) is 30.2 Å². The Kier molecular flexibility index (Phi) is 4.88. The molecule has 2 saturated heterocycles. The van der Waals surface area contributed by atoms with Gasteiger partial charge in [-0.2, -0.15) is 4.98 Å². The summed E-state index contributed by atoms with van der Waals surface area (Å²) >= 11 is 0. The van der Waals surface area contributed by atoms with Crippen molar-refractivity contribution >= 4 is 5.91 Å². The molecule has 3 heterocycles. The maximum absolute atomic E-state index is 11.3. The van der Waals surface area contributed by atoms with Crippen LogP contribution in [0.1, 0.15) is 31.6 Å². The van der Waals surface area contributed by atoms with Crippen LogP contribution < -0.4 is 4.74 Å². The SMILES string of the molecule is CC(=O)N1CC(c2nc(-c3ccc(OCCN4CCCC4)cc3)no2)C1. The first-order valence-electron chi connectivity index (χ1n) is 9.24. The Morgan fingerprint density at radius 2 is 1.96 bits per heavy atom. The largest absolute Gasteiger partial charge is 0.492 e. The van der Waals surface area contributed by atoms with Crippen LogP contribution in [-0.4, -0.2) is 65.2 Å². The fraction of sp³-hybridized carbons (Fsp3) is 0.526. The Morgan fingerprint density at radius 3 is 2.65 bits per heavy atom. The van der Waals surface area contributed by atoms with Crippen LogP contribution in [0.15, 0.2) is 28.8 Å². The number of carbonyl (C=O) groups excluding carboxylic acids is 1. The van der Waals surface area contributed by atoms with Gasteiger partial charge in [-0.3, -0.25) is 9.69 Å². The average molecular weight is 356 g/mol. The molecule has 0 bridgehead atoms. The van der Waals surface area contributed by atoms with Crippen LogP contribution in [0, 0.1) is 0 Å². The first-order chi connectivity index (χ1) is 12.7. The molecule has 2 aliphatic heterocycles. The van der Waals surface area contributed by atoms with Gasteiger partial charge in [0.15, 0.2) is 0 Å². The third-order valence-corrected chi connectivity index (χ3v) is 5.11. The molecule has 1 aromatic heterocycles. The van der Waals surface area contributed by atoms with E-state index in [1.165, 1.54) is 25.9 Å². The molecule has 0 radical (unpaired) electrons. The number of aromatic nitrogens is 2. The number of likely N-dealkylation sites (tertiary alicyclic amines) is 2. The number of ether oxygens (including phenoxy) is 1. The zero-order chi connectivity index (χ0) is 17.9. The molecule has 0 N–H and O–H groups in total. The number of hydrogen-bond donors (Lipinski definition) is 0. The molecular formula is C19H24N4O3. The standard InChI is InChI=1S/C19H24N4O3/c1-14(24)23-12-16(13-23)19-20-18(21-26-19)15-4-6-17(7-5-15)25-11-10-22-8-2-3-9-22/h4-7,16H,2-3,8-13H2,1H3. The third kappa shape index (κ3) is 3.72. The summed E-state index contributed by atoms with van der Waals surface area (Å²) in [6.07, 6.45) is 2.60. The molecule has 1 amide bonds. The summed E-state index contributed by atoms with van der Waals surface area (Å²) in [5.74, 6) is 2.26. The molecule has 2 fully saturated rings. The monoisotopic (exact) mass is 356 g/mol. The van der Waals surface area contributed by atoms with E-state index in [0.29, 0.717) is 31.4 Å². The fourth-order valence-corrected chi connectivity index (χ4v) is 3.41. The van der Waals surface area contributed by atoms with Gasteiger partial charge in [0.1, 0.15) is 12.4 Å². The minimum absolute atomic E-state index is 0.0845. The molecule has 7 nitrogen and oxygen atoms in total. The topological polar surface area (TPSA) is 71.7 Å². The van der Waals surface area contributed by atoms with Crippen molar-refractivity contribution in [1.29, 1.82) is 0 Å². The lowest BCUT2D eigenvalue weighted by Crippen LogP contribution is -2.47. The highest BCUT2D eigenvalue weighted by Crippen LogP contribution is 2.28. The van der Waals surface area contributed by atoms with Crippen LogP contribution in [0.3, 0.4) is 0 Å². The van der Waals surface area contributed by atoms with Gasteiger partial charge in [-0.05, 0) is 50.2 Å². The van der Waals surface area contributed by atoms with E-state index in [-0.39, 0.29) is 11.8 Å². The van der Waals surface area contributed by atoms with E-state index in [9.17, 15) is 4.79 Å². The Bertz CT molecular complexity index is 746. The minimum Gasteiger partial charge on any atom is -0.492 e. The molecule has 138 valence electrons. The van der Waals surface area contributed by atoms with Crippen molar-refractivity contribution in [2.24, 2.45) is 0 Å². The zero-order valence-corrected chi connectivity index (χ0v) is 15.1. The van der Waals surface area contributed by atoms with Crippen molar-refractivity contribution in [3.8, 4) is 17.1 Å². The van der Waals surface area contributed by atoms with E-state index in [0.717, 1.165) is 17.9 Å². The lowest BCUT2D eigenvalue weighted by Gasteiger charge is -2.36. The van der Waals surface area contributed by atoms with Gasteiger partial charge < -0.3 is 14.2 Å². The van der Waals surface area contributed by atoms with E-state index in [1.807, 2.05) is 24.3 Å². The third-order valence-electron chi connectivity index (χ3n) is 5.11. The Balaban J connectivity index is 1.30. The molecular weight excluding hydrogens is 332 g/mol. The summed E-state index contributed by atoms with van der Waals surface area (Å²) in [7, 11) is 0. The molecule has 2 aromatic rings. The van der Waals surface area contributed by atoms with E-state index in [1.54, 1.807) is 11.8 Å². The summed E-state index contributed by atoms with van der Waals surface area (Å²) in [5.41, 5.74) is 0.898. The molecule has 4 rings (SSSR count). The predicted octanol–water partition coefficient (Wildman–Crippen LogP) is 2.16. The van der Waals surface area contributed by atoms with Gasteiger partial charge in [-0.15, -0.1) is 0 Å². The van der Waals surface area contributed by atoms with E-state index in [2.05, 4.69) is 15.0 Å². The molecule has 0 aliphatic carbocycles. The second kappa shape index (κ2) is 7.45. The van der Waals surface area contributed by atoms with Gasteiger partial charge in [-0.25, -0.2) is 0 Å². The highest BCUT2D eigenvalue weighted by atomic mass is 16.5. The van der Waals surface area contributed by atoms with Gasteiger partial charge in [-0.1, -0.05) is 5.16 Å². The lowest BCUT2D eigenvalue weighted by molar-refractivity contribution is -0.133. The van der Waals surface area contributed by atoms with Crippen LogP contribution >= 0.6 is 0 Å². The van der Waals surface area contributed by atoms with Crippen molar-refractivity contribution in [2.75, 3.05) is 39.3 Å². The predicted molar refractivity (Wildman–Crippen MR) is 95.9 cm³/mol. The van der Waals surface area contributed by atoms with Crippen LogP contribution in [0.5, 0.6) is 5.75 Å². The maximum atomic E-state index is 11.3. The molecule has 1 aromatic carbocycles. The smallest absolute Gasteiger partial charge is 0.233 e. The van der Waals surface area contributed by atoms with E-state index in [4.69, 9.17) is 9.26 Å². The highest BCUT2D eigenvalue weighted by Gasteiger charge is 2.34. The van der Waals surface area contributed by atoms with Crippen LogP contribution in [-0.2, 0) is 4.79 Å². The van der Waals surface area contributed by atoms with E-state index >= 15 is 0 Å². The minimum atomic E-state index is 0.0845. The maximum Gasteiger partial charge on any atom is 0.233 e. The summed E-state index contributed by atoms with van der Waals surface area (Å²) < 4.78 is 11.2. The molecule has 7 heteroatoms. The highest BCUT2D eigenvalue weighted by molar-refractivity contribution is 5.74. The number of carbonyl (C=O) groups is 1. The first kappa shape index (κ1) is 17.0. The molecule has 26 heavy (non-hydrogen) atoms. The summed E-state index contributed by atoms with van der Waals surface area (Å²) in [6.45, 7) is 6.95. The van der Waals surface area contributed by atoms with Crippen molar-refractivity contribution < 1.29 is 14.1 Å². The fourth-order valence-electron chi connectivity index (χ4n) is 3.41.